The molecule has 0 saturated heterocycles. The lowest BCUT2D eigenvalue weighted by molar-refractivity contribution is -0.126. The third-order valence-electron chi connectivity index (χ3n) is 4.18. The highest BCUT2D eigenvalue weighted by Gasteiger charge is 2.30. The maximum Gasteiger partial charge on any atom is 0.242 e. The first-order valence-electron chi connectivity index (χ1n) is 8.04. The van der Waals surface area contributed by atoms with E-state index in [0.29, 0.717) is 22.6 Å². The van der Waals surface area contributed by atoms with E-state index < -0.39 is 0 Å². The zero-order chi connectivity index (χ0) is 17.1. The Balaban J connectivity index is 1.83. The van der Waals surface area contributed by atoms with Gasteiger partial charge in [-0.1, -0.05) is 65.7 Å². The molecule has 1 fully saturated rings. The van der Waals surface area contributed by atoms with Crippen molar-refractivity contribution in [3.05, 3.63) is 69.7 Å². The average Bonchev–Trinajstić information content (AvgIpc) is 3.37. The summed E-state index contributed by atoms with van der Waals surface area (Å²) in [4.78, 5) is 14.8. The monoisotopic (exact) mass is 362 g/mol. The van der Waals surface area contributed by atoms with Gasteiger partial charge in [0.25, 0.3) is 0 Å². The summed E-state index contributed by atoms with van der Waals surface area (Å²) in [7, 11) is 1.93. The standard InChI is InChI=1S/C19H20Cl2N2O/c1-23(12-14-8-5-9-16(20)17(14)21)18(13-6-3-2-4-7-13)19(24)22-15-10-11-15/h2-9,15,18H,10-12H2,1H3,(H,22,24)/t18-/m1/s1. The molecule has 5 heteroatoms. The molecule has 0 bridgehead atoms. The summed E-state index contributed by atoms with van der Waals surface area (Å²) < 4.78 is 0. The van der Waals surface area contributed by atoms with Gasteiger partial charge in [-0.3, -0.25) is 9.69 Å². The first-order valence-corrected chi connectivity index (χ1v) is 8.80. The van der Waals surface area contributed by atoms with Gasteiger partial charge in [0.2, 0.25) is 5.91 Å². The highest BCUT2D eigenvalue weighted by Crippen LogP contribution is 2.29. The fourth-order valence-corrected chi connectivity index (χ4v) is 3.16. The summed E-state index contributed by atoms with van der Waals surface area (Å²) in [6.07, 6.45) is 2.13. The van der Waals surface area contributed by atoms with Gasteiger partial charge in [0.05, 0.1) is 10.0 Å². The number of hydrogen-bond donors (Lipinski definition) is 1. The van der Waals surface area contributed by atoms with Crippen molar-refractivity contribution in [2.75, 3.05) is 7.05 Å². The highest BCUT2D eigenvalue weighted by atomic mass is 35.5. The summed E-state index contributed by atoms with van der Waals surface area (Å²) in [6, 6.07) is 15.4. The van der Waals surface area contributed by atoms with E-state index in [4.69, 9.17) is 23.2 Å². The Hall–Kier alpha value is -1.55. The fraction of sp³-hybridized carbons (Fsp3) is 0.316. The van der Waals surface area contributed by atoms with Gasteiger partial charge < -0.3 is 5.32 Å². The van der Waals surface area contributed by atoms with Gasteiger partial charge in [-0.25, -0.2) is 0 Å². The second-order valence-electron chi connectivity index (χ2n) is 6.22. The van der Waals surface area contributed by atoms with E-state index in [1.54, 1.807) is 6.07 Å². The first kappa shape index (κ1) is 17.3. The second kappa shape index (κ2) is 7.56. The molecule has 0 unspecified atom stereocenters. The van der Waals surface area contributed by atoms with E-state index in [-0.39, 0.29) is 11.9 Å². The van der Waals surface area contributed by atoms with Gasteiger partial charge in [0, 0.05) is 12.6 Å². The zero-order valence-electron chi connectivity index (χ0n) is 13.5. The molecule has 1 atom stereocenters. The largest absolute Gasteiger partial charge is 0.352 e. The lowest BCUT2D eigenvalue weighted by Crippen LogP contribution is -2.39. The van der Waals surface area contributed by atoms with Crippen LogP contribution < -0.4 is 5.32 Å². The Bertz CT molecular complexity index is 717. The van der Waals surface area contributed by atoms with Crippen molar-refractivity contribution in [3.63, 3.8) is 0 Å². The normalized spacial score (nSPS) is 15.3. The van der Waals surface area contributed by atoms with E-state index in [9.17, 15) is 4.79 Å². The summed E-state index contributed by atoms with van der Waals surface area (Å²) in [5.74, 6) is 0.0318. The predicted molar refractivity (Wildman–Crippen MR) is 98.3 cm³/mol. The quantitative estimate of drug-likeness (QED) is 0.823. The smallest absolute Gasteiger partial charge is 0.242 e. The molecule has 1 amide bonds. The number of nitrogens with one attached hydrogen (secondary N) is 1. The van der Waals surface area contributed by atoms with Crippen LogP contribution >= 0.6 is 23.2 Å². The lowest BCUT2D eigenvalue weighted by atomic mass is 10.0. The van der Waals surface area contributed by atoms with Crippen molar-refractivity contribution >= 4 is 29.1 Å². The molecule has 2 aromatic carbocycles. The molecule has 2 aromatic rings. The van der Waals surface area contributed by atoms with Crippen molar-refractivity contribution in [3.8, 4) is 0 Å². The van der Waals surface area contributed by atoms with E-state index in [1.165, 1.54) is 0 Å². The van der Waals surface area contributed by atoms with Gasteiger partial charge >= 0.3 is 0 Å². The Morgan fingerprint density at radius 1 is 1.17 bits per heavy atom. The van der Waals surface area contributed by atoms with Crippen molar-refractivity contribution in [2.45, 2.75) is 31.5 Å². The van der Waals surface area contributed by atoms with Gasteiger partial charge in [-0.15, -0.1) is 0 Å². The molecule has 1 saturated carbocycles. The third-order valence-corrected chi connectivity index (χ3v) is 5.04. The van der Waals surface area contributed by atoms with Crippen LogP contribution in [0, 0.1) is 0 Å². The molecule has 3 rings (SSSR count). The maximum atomic E-state index is 12.8. The van der Waals surface area contributed by atoms with Crippen LogP contribution in [-0.4, -0.2) is 23.9 Å². The van der Waals surface area contributed by atoms with Gasteiger partial charge in [0.1, 0.15) is 6.04 Å². The third kappa shape index (κ3) is 4.10. The summed E-state index contributed by atoms with van der Waals surface area (Å²) in [5, 5.41) is 4.18. The number of rotatable bonds is 6. The number of halogens is 2. The van der Waals surface area contributed by atoms with Gasteiger partial charge in [0.15, 0.2) is 0 Å². The van der Waals surface area contributed by atoms with Crippen LogP contribution in [0.5, 0.6) is 0 Å². The number of hydrogen-bond acceptors (Lipinski definition) is 2. The highest BCUT2D eigenvalue weighted by molar-refractivity contribution is 6.42. The van der Waals surface area contributed by atoms with Crippen molar-refractivity contribution in [1.82, 2.24) is 10.2 Å². The summed E-state index contributed by atoms with van der Waals surface area (Å²) in [6.45, 7) is 0.539. The molecule has 0 aromatic heterocycles. The topological polar surface area (TPSA) is 32.3 Å². The van der Waals surface area contributed by atoms with Crippen LogP contribution in [0.1, 0.15) is 30.0 Å². The molecule has 0 aliphatic heterocycles. The molecular weight excluding hydrogens is 343 g/mol. The zero-order valence-corrected chi connectivity index (χ0v) is 15.0. The molecule has 1 N–H and O–H groups in total. The maximum absolute atomic E-state index is 12.8. The molecular formula is C19H20Cl2N2O. The summed E-state index contributed by atoms with van der Waals surface area (Å²) >= 11 is 12.4. The van der Waals surface area contributed by atoms with E-state index in [0.717, 1.165) is 24.0 Å². The van der Waals surface area contributed by atoms with Crippen molar-refractivity contribution in [1.29, 1.82) is 0 Å². The molecule has 3 nitrogen and oxygen atoms in total. The molecule has 24 heavy (non-hydrogen) atoms. The number of benzene rings is 2. The Morgan fingerprint density at radius 2 is 1.88 bits per heavy atom. The first-order chi connectivity index (χ1) is 11.6. The number of likely N-dealkylation sites (N-methyl/N-ethyl adjacent to an activating group) is 1. The molecule has 0 spiro atoms. The number of carbonyl (C=O) groups excluding carboxylic acids is 1. The van der Waals surface area contributed by atoms with Crippen LogP contribution in [0.3, 0.4) is 0 Å². The Morgan fingerprint density at radius 3 is 2.54 bits per heavy atom. The van der Waals surface area contributed by atoms with E-state index in [1.807, 2.05) is 54.4 Å². The van der Waals surface area contributed by atoms with Gasteiger partial charge in [-0.2, -0.15) is 0 Å². The number of carbonyl (C=O) groups is 1. The minimum Gasteiger partial charge on any atom is -0.352 e. The molecule has 0 radical (unpaired) electrons. The Labute approximate surface area is 152 Å². The summed E-state index contributed by atoms with van der Waals surface area (Å²) in [5.41, 5.74) is 1.88. The Kier molecular flexibility index (Phi) is 5.44. The van der Waals surface area contributed by atoms with Crippen LogP contribution in [0.15, 0.2) is 48.5 Å². The van der Waals surface area contributed by atoms with E-state index >= 15 is 0 Å². The molecule has 1 aliphatic rings. The van der Waals surface area contributed by atoms with Crippen molar-refractivity contribution in [2.24, 2.45) is 0 Å². The minimum atomic E-state index is -0.359. The fourth-order valence-electron chi connectivity index (χ4n) is 2.78. The number of nitrogens with zero attached hydrogens (tertiary/aromatic N) is 1. The van der Waals surface area contributed by atoms with E-state index in [2.05, 4.69) is 5.32 Å². The number of amides is 1. The van der Waals surface area contributed by atoms with Gasteiger partial charge in [-0.05, 0) is 37.1 Å². The van der Waals surface area contributed by atoms with Crippen LogP contribution in [-0.2, 0) is 11.3 Å². The SMILES string of the molecule is CN(Cc1cccc(Cl)c1Cl)[C@@H](C(=O)NC1CC1)c1ccccc1. The van der Waals surface area contributed by atoms with Crippen LogP contribution in [0.25, 0.3) is 0 Å². The molecule has 1 aliphatic carbocycles. The minimum absolute atomic E-state index is 0.0318. The van der Waals surface area contributed by atoms with Crippen molar-refractivity contribution < 1.29 is 4.79 Å². The second-order valence-corrected chi connectivity index (χ2v) is 7.01. The van der Waals surface area contributed by atoms with Crippen LogP contribution in [0.2, 0.25) is 10.0 Å². The molecule has 0 heterocycles. The predicted octanol–water partition coefficient (Wildman–Crippen LogP) is 4.45. The molecule has 126 valence electrons. The lowest BCUT2D eigenvalue weighted by Gasteiger charge is -2.28. The van der Waals surface area contributed by atoms with Crippen LogP contribution in [0.4, 0.5) is 0 Å². The average molecular weight is 363 g/mol.